The third-order valence-corrected chi connectivity index (χ3v) is 8.08. The molecular formula is C20H32N5O9P. The maximum absolute atomic E-state index is 11.7. The molecule has 2 aliphatic rings. The Morgan fingerprint density at radius 1 is 1.23 bits per heavy atom. The fourth-order valence-corrected chi connectivity index (χ4v) is 4.72. The number of aromatic nitrogens is 4. The first-order chi connectivity index (χ1) is 16.6. The van der Waals surface area contributed by atoms with E-state index in [1.54, 1.807) is 0 Å². The standard InChI is InChI=1S/C20H32N5O9P/c1-20(10-27,35(30,31)32)33-9-13-15(28)16(29)19(34-13)25-18-12(8-21-25)17(22-11-4-2-3-5-11)23-14(24-18)6-7-26/h8,11,13,15-16,19,26-29H,2-7,9-10H2,1H3,(H,22,23,24)(H2,30,31,32)/t13-,15-,16-,19-,20?/m1/s1. The molecular weight excluding hydrogens is 485 g/mol. The molecule has 35 heavy (non-hydrogen) atoms. The molecule has 14 nitrogen and oxygen atoms in total. The van der Waals surface area contributed by atoms with Gasteiger partial charge >= 0.3 is 7.60 Å². The van der Waals surface area contributed by atoms with Gasteiger partial charge in [-0.3, -0.25) is 4.57 Å². The second-order valence-electron chi connectivity index (χ2n) is 9.15. The average molecular weight is 517 g/mol. The molecule has 0 amide bonds. The van der Waals surface area contributed by atoms with Crippen LogP contribution in [-0.2, 0) is 20.5 Å². The number of rotatable bonds is 10. The van der Waals surface area contributed by atoms with E-state index in [0.717, 1.165) is 32.6 Å². The fourth-order valence-electron chi connectivity index (χ4n) is 4.29. The van der Waals surface area contributed by atoms with Crippen LogP contribution in [0.4, 0.5) is 5.82 Å². The molecule has 5 atom stereocenters. The van der Waals surface area contributed by atoms with Crippen LogP contribution in [0, 0.1) is 0 Å². The summed E-state index contributed by atoms with van der Waals surface area (Å²) in [5, 5.41) is 46.1. The predicted octanol–water partition coefficient (Wildman–Crippen LogP) is -0.762. The average Bonchev–Trinajstić information content (AvgIpc) is 3.53. The highest BCUT2D eigenvalue weighted by molar-refractivity contribution is 7.53. The molecule has 1 saturated carbocycles. The number of aliphatic hydroxyl groups excluding tert-OH is 4. The van der Waals surface area contributed by atoms with Gasteiger partial charge in [-0.15, -0.1) is 0 Å². The Bertz CT molecular complexity index is 1070. The molecule has 0 aromatic carbocycles. The molecule has 1 saturated heterocycles. The van der Waals surface area contributed by atoms with Crippen molar-refractivity contribution in [1.82, 2.24) is 19.7 Å². The van der Waals surface area contributed by atoms with Gasteiger partial charge in [0, 0.05) is 12.5 Å². The minimum atomic E-state index is -4.84. The molecule has 1 aliphatic heterocycles. The molecule has 2 fully saturated rings. The summed E-state index contributed by atoms with van der Waals surface area (Å²) in [6, 6.07) is 0.255. The third-order valence-electron chi connectivity index (χ3n) is 6.58. The number of hydrogen-bond donors (Lipinski definition) is 7. The Balaban J connectivity index is 1.59. The minimum Gasteiger partial charge on any atom is -0.396 e. The first-order valence-corrected chi connectivity index (χ1v) is 13.1. The van der Waals surface area contributed by atoms with Crippen molar-refractivity contribution in [3.05, 3.63) is 12.0 Å². The van der Waals surface area contributed by atoms with E-state index < -0.39 is 50.7 Å². The van der Waals surface area contributed by atoms with Gasteiger partial charge < -0.3 is 45.0 Å². The summed E-state index contributed by atoms with van der Waals surface area (Å²) in [5.41, 5.74) is 0.331. The van der Waals surface area contributed by atoms with Crippen molar-refractivity contribution in [2.24, 2.45) is 0 Å². The monoisotopic (exact) mass is 517 g/mol. The van der Waals surface area contributed by atoms with Crippen molar-refractivity contribution in [2.75, 3.05) is 25.1 Å². The predicted molar refractivity (Wildman–Crippen MR) is 121 cm³/mol. The van der Waals surface area contributed by atoms with E-state index in [1.165, 1.54) is 10.9 Å². The van der Waals surface area contributed by atoms with Gasteiger partial charge in [0.05, 0.1) is 31.4 Å². The molecule has 0 spiro atoms. The smallest absolute Gasteiger partial charge is 0.359 e. The molecule has 3 heterocycles. The number of anilines is 1. The van der Waals surface area contributed by atoms with Gasteiger partial charge in [-0.05, 0) is 19.8 Å². The van der Waals surface area contributed by atoms with Gasteiger partial charge in [-0.1, -0.05) is 12.8 Å². The van der Waals surface area contributed by atoms with Crippen molar-refractivity contribution in [3.8, 4) is 0 Å². The number of fused-ring (bicyclic) bond motifs is 1. The largest absolute Gasteiger partial charge is 0.396 e. The zero-order valence-electron chi connectivity index (χ0n) is 19.3. The molecule has 2 aromatic rings. The lowest BCUT2D eigenvalue weighted by Crippen LogP contribution is -2.39. The Morgan fingerprint density at radius 2 is 1.94 bits per heavy atom. The van der Waals surface area contributed by atoms with E-state index in [9.17, 15) is 34.8 Å². The Hall–Kier alpha value is -1.74. The van der Waals surface area contributed by atoms with Crippen LogP contribution >= 0.6 is 7.60 Å². The van der Waals surface area contributed by atoms with Crippen molar-refractivity contribution in [3.63, 3.8) is 0 Å². The van der Waals surface area contributed by atoms with Crippen molar-refractivity contribution < 1.29 is 44.3 Å². The SMILES string of the molecule is CC(CO)(OC[C@H]1O[C@@H](n2ncc3c(NC4CCCC4)nc(CCO)nc32)[C@H](O)[C@@H]1O)P(=O)(O)O. The zero-order valence-corrected chi connectivity index (χ0v) is 20.2. The van der Waals surface area contributed by atoms with Crippen molar-refractivity contribution >= 4 is 24.4 Å². The van der Waals surface area contributed by atoms with E-state index in [0.29, 0.717) is 22.7 Å². The van der Waals surface area contributed by atoms with Gasteiger partial charge in [-0.2, -0.15) is 5.10 Å². The van der Waals surface area contributed by atoms with Gasteiger partial charge in [0.15, 0.2) is 17.2 Å². The van der Waals surface area contributed by atoms with Gasteiger partial charge in [0.2, 0.25) is 0 Å². The summed E-state index contributed by atoms with van der Waals surface area (Å²) < 4.78 is 24.0. The summed E-state index contributed by atoms with van der Waals surface area (Å²) in [7, 11) is -4.84. The van der Waals surface area contributed by atoms with Crippen LogP contribution < -0.4 is 5.32 Å². The molecule has 4 rings (SSSR count). The lowest BCUT2D eigenvalue weighted by Gasteiger charge is -2.29. The summed E-state index contributed by atoms with van der Waals surface area (Å²) in [6.07, 6.45) is 0.727. The highest BCUT2D eigenvalue weighted by atomic mass is 31.2. The van der Waals surface area contributed by atoms with Crippen LogP contribution in [0.5, 0.6) is 0 Å². The molecule has 1 aliphatic carbocycles. The number of aliphatic hydroxyl groups is 4. The van der Waals surface area contributed by atoms with E-state index >= 15 is 0 Å². The van der Waals surface area contributed by atoms with Crippen LogP contribution in [0.25, 0.3) is 11.0 Å². The van der Waals surface area contributed by atoms with Crippen molar-refractivity contribution in [1.29, 1.82) is 0 Å². The molecule has 196 valence electrons. The molecule has 7 N–H and O–H groups in total. The summed E-state index contributed by atoms with van der Waals surface area (Å²) in [4.78, 5) is 27.9. The topological polar surface area (TPSA) is 213 Å². The molecule has 1 unspecified atom stereocenters. The van der Waals surface area contributed by atoms with Crippen LogP contribution in [-0.4, -0.2) is 99.5 Å². The first-order valence-electron chi connectivity index (χ1n) is 11.5. The maximum atomic E-state index is 11.7. The summed E-state index contributed by atoms with van der Waals surface area (Å²) in [6.45, 7) is -0.582. The lowest BCUT2D eigenvalue weighted by molar-refractivity contribution is -0.104. The Morgan fingerprint density at radius 3 is 2.57 bits per heavy atom. The number of hydrogen-bond acceptors (Lipinski definition) is 11. The molecule has 2 aromatic heterocycles. The Kier molecular flexibility index (Phi) is 7.77. The molecule has 15 heteroatoms. The number of nitrogens with zero attached hydrogens (tertiary/aromatic N) is 4. The van der Waals surface area contributed by atoms with Crippen LogP contribution in [0.15, 0.2) is 6.20 Å². The van der Waals surface area contributed by atoms with Crippen LogP contribution in [0.1, 0.15) is 44.7 Å². The van der Waals surface area contributed by atoms with E-state index in [1.807, 2.05) is 0 Å². The number of ether oxygens (including phenoxy) is 2. The maximum Gasteiger partial charge on any atom is 0.359 e. The Labute approximate surface area is 201 Å². The van der Waals surface area contributed by atoms with Crippen molar-refractivity contribution in [2.45, 2.75) is 75.0 Å². The zero-order chi connectivity index (χ0) is 25.4. The summed E-state index contributed by atoms with van der Waals surface area (Å²) >= 11 is 0. The highest BCUT2D eigenvalue weighted by Crippen LogP contribution is 2.51. The van der Waals surface area contributed by atoms with Gasteiger partial charge in [0.25, 0.3) is 0 Å². The quantitative estimate of drug-likeness (QED) is 0.193. The third kappa shape index (κ3) is 5.22. The fraction of sp³-hybridized carbons (Fsp3) is 0.750. The molecule has 0 radical (unpaired) electrons. The van der Waals surface area contributed by atoms with Crippen LogP contribution in [0.2, 0.25) is 0 Å². The lowest BCUT2D eigenvalue weighted by atomic mass is 10.1. The minimum absolute atomic E-state index is 0.160. The van der Waals surface area contributed by atoms with E-state index in [2.05, 4.69) is 20.4 Å². The second-order valence-corrected chi connectivity index (χ2v) is 11.2. The van der Waals surface area contributed by atoms with E-state index in [-0.39, 0.29) is 19.1 Å². The number of nitrogens with one attached hydrogen (secondary N) is 1. The highest BCUT2D eigenvalue weighted by Gasteiger charge is 2.48. The first kappa shape index (κ1) is 26.3. The summed E-state index contributed by atoms with van der Waals surface area (Å²) in [5.74, 6) is 0.931. The van der Waals surface area contributed by atoms with Gasteiger partial charge in [0.1, 0.15) is 30.0 Å². The second kappa shape index (κ2) is 10.3. The van der Waals surface area contributed by atoms with E-state index in [4.69, 9.17) is 9.47 Å². The van der Waals surface area contributed by atoms with Gasteiger partial charge in [-0.25, -0.2) is 14.6 Å². The normalized spacial score (nSPS) is 27.5. The molecule has 0 bridgehead atoms. The van der Waals surface area contributed by atoms with Crippen LogP contribution in [0.3, 0.4) is 0 Å².